The highest BCUT2D eigenvalue weighted by Crippen LogP contribution is 2.34. The SMILES string of the molecule is CCOC(=O)C1CCN(c2cc3c(cc2NC(=O)NCC2CCCO2)n(C)c(=O)n3C)CC1. The predicted molar refractivity (Wildman–Crippen MR) is 126 cm³/mol. The van der Waals surface area contributed by atoms with Crippen molar-refractivity contribution >= 4 is 34.4 Å². The number of imidazole rings is 1. The Morgan fingerprint density at radius 1 is 1.12 bits per heavy atom. The molecule has 3 heterocycles. The average molecular weight is 460 g/mol. The summed E-state index contributed by atoms with van der Waals surface area (Å²) in [6, 6.07) is 3.47. The maximum atomic E-state index is 12.7. The van der Waals surface area contributed by atoms with Crippen LogP contribution in [0.1, 0.15) is 32.6 Å². The van der Waals surface area contributed by atoms with E-state index in [0.717, 1.165) is 36.2 Å². The molecule has 1 aromatic heterocycles. The molecule has 10 nitrogen and oxygen atoms in total. The van der Waals surface area contributed by atoms with E-state index < -0.39 is 0 Å². The molecule has 0 spiro atoms. The van der Waals surface area contributed by atoms with Gasteiger partial charge in [-0.3, -0.25) is 13.9 Å². The van der Waals surface area contributed by atoms with Gasteiger partial charge in [0.15, 0.2) is 0 Å². The van der Waals surface area contributed by atoms with Gasteiger partial charge in [0, 0.05) is 40.3 Å². The lowest BCUT2D eigenvalue weighted by Gasteiger charge is -2.34. The molecule has 2 aliphatic heterocycles. The fraction of sp³-hybridized carbons (Fsp3) is 0.609. The van der Waals surface area contributed by atoms with Gasteiger partial charge in [0.05, 0.1) is 41.0 Å². The van der Waals surface area contributed by atoms with E-state index in [-0.39, 0.29) is 29.7 Å². The summed E-state index contributed by atoms with van der Waals surface area (Å²) >= 11 is 0. The van der Waals surface area contributed by atoms with Crippen LogP contribution >= 0.6 is 0 Å². The van der Waals surface area contributed by atoms with Gasteiger partial charge in [-0.15, -0.1) is 0 Å². The second-order valence-electron chi connectivity index (χ2n) is 8.74. The van der Waals surface area contributed by atoms with E-state index in [0.29, 0.717) is 44.8 Å². The third-order valence-electron chi connectivity index (χ3n) is 6.61. The van der Waals surface area contributed by atoms with Crippen LogP contribution in [0.15, 0.2) is 16.9 Å². The van der Waals surface area contributed by atoms with Crippen LogP contribution in [-0.2, 0) is 28.4 Å². The largest absolute Gasteiger partial charge is 0.466 e. The molecule has 33 heavy (non-hydrogen) atoms. The number of carbonyl (C=O) groups is 2. The minimum absolute atomic E-state index is 0.0505. The summed E-state index contributed by atoms with van der Waals surface area (Å²) in [4.78, 5) is 39.5. The van der Waals surface area contributed by atoms with Gasteiger partial charge in [-0.05, 0) is 44.7 Å². The van der Waals surface area contributed by atoms with Crippen LogP contribution in [0.4, 0.5) is 16.2 Å². The van der Waals surface area contributed by atoms with Crippen LogP contribution in [0.5, 0.6) is 0 Å². The average Bonchev–Trinajstić information content (AvgIpc) is 3.41. The fourth-order valence-electron chi connectivity index (χ4n) is 4.69. The molecule has 2 fully saturated rings. The number of aromatic nitrogens is 2. The standard InChI is InChI=1S/C23H33N5O5/c1-4-32-21(29)15-7-9-28(10-8-15)18-13-20-19(26(2)23(31)27(20)3)12-17(18)25-22(30)24-14-16-6-5-11-33-16/h12-13,15-16H,4-11,14H2,1-3H3,(H2,24,25,30). The van der Waals surface area contributed by atoms with E-state index in [4.69, 9.17) is 9.47 Å². The van der Waals surface area contributed by atoms with Crippen molar-refractivity contribution in [3.63, 3.8) is 0 Å². The summed E-state index contributed by atoms with van der Waals surface area (Å²) < 4.78 is 13.9. The molecular weight excluding hydrogens is 426 g/mol. The molecule has 0 saturated carbocycles. The van der Waals surface area contributed by atoms with Crippen molar-refractivity contribution in [2.24, 2.45) is 20.0 Å². The van der Waals surface area contributed by atoms with Gasteiger partial charge < -0.3 is 25.0 Å². The number of benzene rings is 1. The minimum Gasteiger partial charge on any atom is -0.466 e. The fourth-order valence-corrected chi connectivity index (χ4v) is 4.69. The van der Waals surface area contributed by atoms with E-state index in [2.05, 4.69) is 15.5 Å². The monoisotopic (exact) mass is 459 g/mol. The van der Waals surface area contributed by atoms with Gasteiger partial charge in [-0.1, -0.05) is 0 Å². The van der Waals surface area contributed by atoms with Gasteiger partial charge in [0.25, 0.3) is 0 Å². The number of fused-ring (bicyclic) bond motifs is 1. The molecule has 0 radical (unpaired) electrons. The van der Waals surface area contributed by atoms with Crippen LogP contribution in [0.2, 0.25) is 0 Å². The quantitative estimate of drug-likeness (QED) is 0.640. The number of hydrogen-bond acceptors (Lipinski definition) is 6. The lowest BCUT2D eigenvalue weighted by atomic mass is 9.96. The van der Waals surface area contributed by atoms with Crippen molar-refractivity contribution in [3.05, 3.63) is 22.6 Å². The number of aryl methyl sites for hydroxylation is 2. The molecule has 2 aromatic rings. The smallest absolute Gasteiger partial charge is 0.328 e. The molecular formula is C23H33N5O5. The Morgan fingerprint density at radius 3 is 2.45 bits per heavy atom. The Hall–Kier alpha value is -3.01. The Morgan fingerprint density at radius 2 is 1.82 bits per heavy atom. The topological polar surface area (TPSA) is 107 Å². The molecule has 4 rings (SSSR count). The van der Waals surface area contributed by atoms with Crippen molar-refractivity contribution in [3.8, 4) is 0 Å². The molecule has 1 aromatic carbocycles. The normalized spacial score (nSPS) is 19.1. The van der Waals surface area contributed by atoms with Gasteiger partial charge in [0.1, 0.15) is 0 Å². The zero-order valence-corrected chi connectivity index (χ0v) is 19.6. The van der Waals surface area contributed by atoms with Crippen LogP contribution < -0.4 is 21.2 Å². The molecule has 2 N–H and O–H groups in total. The van der Waals surface area contributed by atoms with Gasteiger partial charge >= 0.3 is 17.7 Å². The van der Waals surface area contributed by atoms with E-state index in [9.17, 15) is 14.4 Å². The van der Waals surface area contributed by atoms with Gasteiger partial charge in [-0.2, -0.15) is 0 Å². The third kappa shape index (κ3) is 4.85. The first-order chi connectivity index (χ1) is 15.9. The number of anilines is 2. The van der Waals surface area contributed by atoms with E-state index in [1.165, 1.54) is 0 Å². The number of rotatable bonds is 6. The zero-order chi connectivity index (χ0) is 23.5. The first-order valence-electron chi connectivity index (χ1n) is 11.7. The molecule has 1 atom stereocenters. The molecule has 2 amide bonds. The molecule has 180 valence electrons. The number of nitrogens with zero attached hydrogens (tertiary/aromatic N) is 3. The summed E-state index contributed by atoms with van der Waals surface area (Å²) in [6.45, 7) is 4.70. The molecule has 1 unspecified atom stereocenters. The van der Waals surface area contributed by atoms with Crippen LogP contribution in [0.25, 0.3) is 11.0 Å². The first-order valence-corrected chi connectivity index (χ1v) is 11.7. The highest BCUT2D eigenvalue weighted by Gasteiger charge is 2.28. The number of ether oxygens (including phenoxy) is 2. The summed E-state index contributed by atoms with van der Waals surface area (Å²) in [5, 5.41) is 5.86. The zero-order valence-electron chi connectivity index (χ0n) is 19.6. The van der Waals surface area contributed by atoms with Gasteiger partial charge in [0.2, 0.25) is 0 Å². The summed E-state index contributed by atoms with van der Waals surface area (Å²) in [5.74, 6) is -0.262. The van der Waals surface area contributed by atoms with Crippen molar-refractivity contribution in [2.75, 3.05) is 43.1 Å². The summed E-state index contributed by atoms with van der Waals surface area (Å²) in [6.07, 6.45) is 3.36. The maximum Gasteiger partial charge on any atom is 0.328 e. The number of carbonyl (C=O) groups excluding carboxylic acids is 2. The molecule has 2 saturated heterocycles. The van der Waals surface area contributed by atoms with Crippen molar-refractivity contribution < 1.29 is 19.1 Å². The number of nitrogens with one attached hydrogen (secondary N) is 2. The number of amides is 2. The van der Waals surface area contributed by atoms with Crippen LogP contribution in [0, 0.1) is 5.92 Å². The van der Waals surface area contributed by atoms with Crippen LogP contribution in [-0.4, -0.2) is 60.1 Å². The van der Waals surface area contributed by atoms with Crippen LogP contribution in [0.3, 0.4) is 0 Å². The maximum absolute atomic E-state index is 12.7. The van der Waals surface area contributed by atoms with E-state index in [1.807, 2.05) is 19.1 Å². The molecule has 2 aliphatic rings. The summed E-state index contributed by atoms with van der Waals surface area (Å²) in [5.41, 5.74) is 2.86. The Balaban J connectivity index is 1.57. The number of piperidine rings is 1. The van der Waals surface area contributed by atoms with E-state index in [1.54, 1.807) is 23.2 Å². The Kier molecular flexibility index (Phi) is 6.92. The first kappa shape index (κ1) is 23.2. The number of hydrogen-bond donors (Lipinski definition) is 2. The molecule has 0 aliphatic carbocycles. The molecule has 0 bridgehead atoms. The third-order valence-corrected chi connectivity index (χ3v) is 6.61. The highest BCUT2D eigenvalue weighted by atomic mass is 16.5. The Bertz CT molecular complexity index is 1080. The lowest BCUT2D eigenvalue weighted by Crippen LogP contribution is -2.38. The van der Waals surface area contributed by atoms with Crippen molar-refractivity contribution in [1.29, 1.82) is 0 Å². The lowest BCUT2D eigenvalue weighted by molar-refractivity contribution is -0.148. The second-order valence-corrected chi connectivity index (χ2v) is 8.74. The van der Waals surface area contributed by atoms with Crippen molar-refractivity contribution in [2.45, 2.75) is 38.7 Å². The molecule has 10 heteroatoms. The van der Waals surface area contributed by atoms with E-state index >= 15 is 0 Å². The predicted octanol–water partition coefficient (Wildman–Crippen LogP) is 1.96. The highest BCUT2D eigenvalue weighted by molar-refractivity contribution is 5.98. The minimum atomic E-state index is -0.312. The number of urea groups is 1. The van der Waals surface area contributed by atoms with Gasteiger partial charge in [-0.25, -0.2) is 9.59 Å². The second kappa shape index (κ2) is 9.86. The number of esters is 1. The summed E-state index contributed by atoms with van der Waals surface area (Å²) in [7, 11) is 3.46. The Labute approximate surface area is 192 Å². The van der Waals surface area contributed by atoms with Crippen molar-refractivity contribution in [1.82, 2.24) is 14.5 Å².